The minimum atomic E-state index is 1.00. The maximum absolute atomic E-state index is 4.32. The van der Waals surface area contributed by atoms with Gasteiger partial charge in [0.2, 0.25) is 0 Å². The highest BCUT2D eigenvalue weighted by Gasteiger charge is 2.05. The van der Waals surface area contributed by atoms with Crippen molar-refractivity contribution >= 4 is 17.3 Å². The van der Waals surface area contributed by atoms with Gasteiger partial charge in [0.05, 0.1) is 0 Å². The number of likely N-dealkylation sites (N-methyl/N-ethyl adjacent to an activating group) is 1. The molecule has 1 aromatic rings. The predicted molar refractivity (Wildman–Crippen MR) is 81.5 cm³/mol. The molecule has 0 bridgehead atoms. The van der Waals surface area contributed by atoms with Crippen molar-refractivity contribution in [2.75, 3.05) is 27.2 Å². The van der Waals surface area contributed by atoms with Crippen LogP contribution in [0.4, 0.5) is 0 Å². The Morgan fingerprint density at radius 3 is 2.89 bits per heavy atom. The van der Waals surface area contributed by atoms with Gasteiger partial charge in [0.15, 0.2) is 5.96 Å². The molecular formula is C14H25N3S. The number of rotatable bonds is 7. The standard InChI is InChI=1S/C14H25N3S/c1-4-5-6-10-16-14(15-2)17(3)11-9-13-8-7-12-18-13/h7-8,12H,4-6,9-11H2,1-3H3,(H,15,16). The number of nitrogens with zero attached hydrogens (tertiary/aromatic N) is 2. The van der Waals surface area contributed by atoms with Crippen LogP contribution in [0.3, 0.4) is 0 Å². The molecule has 0 aliphatic heterocycles. The summed E-state index contributed by atoms with van der Waals surface area (Å²) < 4.78 is 0. The highest BCUT2D eigenvalue weighted by Crippen LogP contribution is 2.09. The Labute approximate surface area is 115 Å². The number of unbranched alkanes of at least 4 members (excludes halogenated alkanes) is 2. The SMILES string of the molecule is CCCCCNC(=NC)N(C)CCc1cccs1. The maximum Gasteiger partial charge on any atom is 0.193 e. The Kier molecular flexibility index (Phi) is 7.49. The molecule has 0 radical (unpaired) electrons. The first-order valence-electron chi connectivity index (χ1n) is 6.72. The molecule has 3 nitrogen and oxygen atoms in total. The fourth-order valence-electron chi connectivity index (χ4n) is 1.80. The van der Waals surface area contributed by atoms with Crippen LogP contribution in [0.5, 0.6) is 0 Å². The van der Waals surface area contributed by atoms with Crippen molar-refractivity contribution in [3.05, 3.63) is 22.4 Å². The summed E-state index contributed by atoms with van der Waals surface area (Å²) in [4.78, 5) is 7.95. The second kappa shape index (κ2) is 8.97. The van der Waals surface area contributed by atoms with Gasteiger partial charge in [0, 0.05) is 32.1 Å². The van der Waals surface area contributed by atoms with Gasteiger partial charge in [-0.2, -0.15) is 0 Å². The maximum atomic E-state index is 4.32. The van der Waals surface area contributed by atoms with Crippen molar-refractivity contribution in [1.82, 2.24) is 10.2 Å². The van der Waals surface area contributed by atoms with Crippen LogP contribution in [0.25, 0.3) is 0 Å². The van der Waals surface area contributed by atoms with Crippen LogP contribution in [-0.2, 0) is 6.42 Å². The summed E-state index contributed by atoms with van der Waals surface area (Å²) in [5.41, 5.74) is 0. The normalized spacial score (nSPS) is 11.6. The van der Waals surface area contributed by atoms with Crippen molar-refractivity contribution in [2.45, 2.75) is 32.6 Å². The summed E-state index contributed by atoms with van der Waals surface area (Å²) >= 11 is 1.82. The lowest BCUT2D eigenvalue weighted by molar-refractivity contribution is 0.484. The second-order valence-corrected chi connectivity index (χ2v) is 5.46. The summed E-state index contributed by atoms with van der Waals surface area (Å²) in [5.74, 6) is 1.00. The van der Waals surface area contributed by atoms with Crippen molar-refractivity contribution in [3.63, 3.8) is 0 Å². The topological polar surface area (TPSA) is 27.6 Å². The molecule has 0 unspecified atom stereocenters. The van der Waals surface area contributed by atoms with Gasteiger partial charge < -0.3 is 10.2 Å². The number of guanidine groups is 1. The number of hydrogen-bond donors (Lipinski definition) is 1. The minimum absolute atomic E-state index is 1.00. The van der Waals surface area contributed by atoms with E-state index < -0.39 is 0 Å². The van der Waals surface area contributed by atoms with Crippen molar-refractivity contribution in [1.29, 1.82) is 0 Å². The van der Waals surface area contributed by atoms with Crippen LogP contribution in [0, 0.1) is 0 Å². The molecule has 0 aliphatic carbocycles. The first-order valence-corrected chi connectivity index (χ1v) is 7.60. The van der Waals surface area contributed by atoms with Gasteiger partial charge in [0.25, 0.3) is 0 Å². The summed E-state index contributed by atoms with van der Waals surface area (Å²) in [6.45, 7) is 4.25. The zero-order valence-electron chi connectivity index (χ0n) is 11.8. The highest BCUT2D eigenvalue weighted by molar-refractivity contribution is 7.09. The van der Waals surface area contributed by atoms with Crippen LogP contribution in [0.2, 0.25) is 0 Å². The Bertz CT molecular complexity index is 333. The van der Waals surface area contributed by atoms with Crippen molar-refractivity contribution < 1.29 is 0 Å². The Morgan fingerprint density at radius 1 is 1.44 bits per heavy atom. The molecule has 0 atom stereocenters. The summed E-state index contributed by atoms with van der Waals surface area (Å²) in [6.07, 6.45) is 4.84. The smallest absolute Gasteiger partial charge is 0.193 e. The molecule has 0 aromatic carbocycles. The van der Waals surface area contributed by atoms with E-state index in [1.807, 2.05) is 18.4 Å². The third kappa shape index (κ3) is 5.54. The number of aliphatic imine (C=N–C) groups is 1. The predicted octanol–water partition coefficient (Wildman–Crippen LogP) is 2.99. The molecule has 0 spiro atoms. The molecular weight excluding hydrogens is 242 g/mol. The zero-order chi connectivity index (χ0) is 13.2. The molecule has 18 heavy (non-hydrogen) atoms. The van der Waals surface area contributed by atoms with Crippen molar-refractivity contribution in [2.24, 2.45) is 4.99 Å². The first kappa shape index (κ1) is 15.0. The van der Waals surface area contributed by atoms with Crippen LogP contribution in [0.15, 0.2) is 22.5 Å². The fourth-order valence-corrected chi connectivity index (χ4v) is 2.50. The van der Waals surface area contributed by atoms with Gasteiger partial charge in [-0.25, -0.2) is 0 Å². The van der Waals surface area contributed by atoms with E-state index in [1.54, 1.807) is 0 Å². The van der Waals surface area contributed by atoms with Gasteiger partial charge in [-0.3, -0.25) is 4.99 Å². The van der Waals surface area contributed by atoms with Crippen LogP contribution < -0.4 is 5.32 Å². The van der Waals surface area contributed by atoms with Crippen LogP contribution in [0.1, 0.15) is 31.1 Å². The molecule has 4 heteroatoms. The quantitative estimate of drug-likeness (QED) is 0.467. The lowest BCUT2D eigenvalue weighted by Crippen LogP contribution is -2.40. The average Bonchev–Trinajstić information content (AvgIpc) is 2.89. The Balaban J connectivity index is 2.26. The molecule has 0 aliphatic rings. The largest absolute Gasteiger partial charge is 0.356 e. The fraction of sp³-hybridized carbons (Fsp3) is 0.643. The Hall–Kier alpha value is -1.03. The molecule has 1 N–H and O–H groups in total. The van der Waals surface area contributed by atoms with E-state index >= 15 is 0 Å². The van der Waals surface area contributed by atoms with Crippen molar-refractivity contribution in [3.8, 4) is 0 Å². The van der Waals surface area contributed by atoms with E-state index in [-0.39, 0.29) is 0 Å². The monoisotopic (exact) mass is 267 g/mol. The summed E-state index contributed by atoms with van der Waals surface area (Å²) in [7, 11) is 3.95. The van der Waals surface area contributed by atoms with Gasteiger partial charge >= 0.3 is 0 Å². The van der Waals surface area contributed by atoms with Gasteiger partial charge in [-0.15, -0.1) is 11.3 Å². The third-order valence-electron chi connectivity index (χ3n) is 2.91. The van der Waals surface area contributed by atoms with E-state index in [4.69, 9.17) is 0 Å². The molecule has 1 rings (SSSR count). The third-order valence-corrected chi connectivity index (χ3v) is 3.85. The summed E-state index contributed by atoms with van der Waals surface area (Å²) in [6, 6.07) is 4.30. The number of nitrogens with one attached hydrogen (secondary N) is 1. The molecule has 102 valence electrons. The molecule has 1 aromatic heterocycles. The number of hydrogen-bond acceptors (Lipinski definition) is 2. The van der Waals surface area contributed by atoms with E-state index in [0.717, 1.165) is 25.5 Å². The van der Waals surface area contributed by atoms with Gasteiger partial charge in [-0.05, 0) is 24.3 Å². The van der Waals surface area contributed by atoms with E-state index in [9.17, 15) is 0 Å². The highest BCUT2D eigenvalue weighted by atomic mass is 32.1. The van der Waals surface area contributed by atoms with Crippen LogP contribution >= 0.6 is 11.3 Å². The Morgan fingerprint density at radius 2 is 2.28 bits per heavy atom. The molecule has 0 fully saturated rings. The number of thiophene rings is 1. The second-order valence-electron chi connectivity index (χ2n) is 4.43. The zero-order valence-corrected chi connectivity index (χ0v) is 12.6. The van der Waals surface area contributed by atoms with Crippen LogP contribution in [-0.4, -0.2) is 38.0 Å². The summed E-state index contributed by atoms with van der Waals surface area (Å²) in [5, 5.41) is 5.55. The molecule has 0 saturated carbocycles. The molecule has 1 heterocycles. The first-order chi connectivity index (χ1) is 8.77. The lowest BCUT2D eigenvalue weighted by Gasteiger charge is -2.21. The van der Waals surface area contributed by atoms with E-state index in [1.165, 1.54) is 24.1 Å². The minimum Gasteiger partial charge on any atom is -0.356 e. The lowest BCUT2D eigenvalue weighted by atomic mass is 10.2. The average molecular weight is 267 g/mol. The van der Waals surface area contributed by atoms with Gasteiger partial charge in [-0.1, -0.05) is 25.8 Å². The van der Waals surface area contributed by atoms with Gasteiger partial charge in [0.1, 0.15) is 0 Å². The molecule has 0 saturated heterocycles. The van der Waals surface area contributed by atoms with E-state index in [2.05, 4.69) is 46.7 Å². The molecule has 0 amide bonds. The van der Waals surface area contributed by atoms with E-state index in [0.29, 0.717) is 0 Å².